The molecule has 0 spiro atoms. The number of amides is 1. The topological polar surface area (TPSA) is 66.5 Å². The molecule has 1 atom stereocenters. The zero-order valence-corrected chi connectivity index (χ0v) is 13.4. The van der Waals surface area contributed by atoms with E-state index in [-0.39, 0.29) is 16.8 Å². The fraction of sp³-hybridized carbons (Fsp3) is 0.562. The first-order valence-corrected chi connectivity index (χ1v) is 9.40. The van der Waals surface area contributed by atoms with Crippen LogP contribution >= 0.6 is 0 Å². The summed E-state index contributed by atoms with van der Waals surface area (Å²) in [5.41, 5.74) is 0. The Morgan fingerprint density at radius 1 is 1.05 bits per heavy atom. The Morgan fingerprint density at radius 2 is 1.73 bits per heavy atom. The summed E-state index contributed by atoms with van der Waals surface area (Å²) in [5.74, 6) is -0.135. The second-order valence-electron chi connectivity index (χ2n) is 6.08. The van der Waals surface area contributed by atoms with Gasteiger partial charge in [-0.25, -0.2) is 8.42 Å². The SMILES string of the molecule is O=C(NC1CCCC1)C1CCCN1S(=O)(=O)c1ccccc1. The molecule has 2 aliphatic rings. The van der Waals surface area contributed by atoms with Crippen LogP contribution in [0.25, 0.3) is 0 Å². The number of rotatable bonds is 4. The molecule has 1 N–H and O–H groups in total. The molecule has 0 radical (unpaired) electrons. The standard InChI is InChI=1S/C16H22N2O3S/c19-16(17-13-7-4-5-8-13)15-11-6-12-18(15)22(20,21)14-9-2-1-3-10-14/h1-3,9-10,13,15H,4-8,11-12H2,(H,17,19). The van der Waals surface area contributed by atoms with Gasteiger partial charge in [-0.05, 0) is 37.8 Å². The van der Waals surface area contributed by atoms with Crippen LogP contribution in [0.2, 0.25) is 0 Å². The van der Waals surface area contributed by atoms with Crippen molar-refractivity contribution in [2.45, 2.75) is 55.5 Å². The number of hydrogen-bond donors (Lipinski definition) is 1. The molecule has 1 aromatic carbocycles. The summed E-state index contributed by atoms with van der Waals surface area (Å²) >= 11 is 0. The van der Waals surface area contributed by atoms with Crippen LogP contribution in [0.15, 0.2) is 35.2 Å². The third kappa shape index (κ3) is 3.03. The van der Waals surface area contributed by atoms with Crippen LogP contribution in [0.5, 0.6) is 0 Å². The second kappa shape index (κ2) is 6.38. The van der Waals surface area contributed by atoms with Gasteiger partial charge in [0.05, 0.1) is 4.90 Å². The molecule has 0 bridgehead atoms. The minimum atomic E-state index is -3.59. The minimum Gasteiger partial charge on any atom is -0.352 e. The summed E-state index contributed by atoms with van der Waals surface area (Å²) in [6.45, 7) is 0.417. The van der Waals surface area contributed by atoms with E-state index in [1.807, 2.05) is 0 Å². The lowest BCUT2D eigenvalue weighted by Gasteiger charge is -2.24. The number of hydrogen-bond acceptors (Lipinski definition) is 3. The van der Waals surface area contributed by atoms with Gasteiger partial charge < -0.3 is 5.32 Å². The van der Waals surface area contributed by atoms with Gasteiger partial charge in [-0.15, -0.1) is 0 Å². The van der Waals surface area contributed by atoms with E-state index in [4.69, 9.17) is 0 Å². The summed E-state index contributed by atoms with van der Waals surface area (Å²) in [6, 6.07) is 8.01. The van der Waals surface area contributed by atoms with Gasteiger partial charge >= 0.3 is 0 Å². The molecule has 5 nitrogen and oxygen atoms in total. The number of carbonyl (C=O) groups excluding carboxylic acids is 1. The van der Waals surface area contributed by atoms with Crippen LogP contribution in [-0.4, -0.2) is 37.3 Å². The van der Waals surface area contributed by atoms with E-state index < -0.39 is 16.1 Å². The summed E-state index contributed by atoms with van der Waals surface area (Å²) in [5, 5.41) is 3.03. The number of sulfonamides is 1. The van der Waals surface area contributed by atoms with Crippen molar-refractivity contribution in [1.29, 1.82) is 0 Å². The van der Waals surface area contributed by atoms with Crippen LogP contribution < -0.4 is 5.32 Å². The quantitative estimate of drug-likeness (QED) is 0.920. The fourth-order valence-electron chi connectivity index (χ4n) is 3.39. The maximum atomic E-state index is 12.7. The van der Waals surface area contributed by atoms with E-state index >= 15 is 0 Å². The van der Waals surface area contributed by atoms with E-state index in [0.717, 1.165) is 32.1 Å². The average Bonchev–Trinajstić information content (AvgIpc) is 3.19. The van der Waals surface area contributed by atoms with E-state index in [9.17, 15) is 13.2 Å². The van der Waals surface area contributed by atoms with Gasteiger partial charge in [0.1, 0.15) is 6.04 Å². The van der Waals surface area contributed by atoms with Gasteiger partial charge in [0.15, 0.2) is 0 Å². The largest absolute Gasteiger partial charge is 0.352 e. The van der Waals surface area contributed by atoms with Gasteiger partial charge in [0.2, 0.25) is 15.9 Å². The third-order valence-corrected chi connectivity index (χ3v) is 6.48. The minimum absolute atomic E-state index is 0.135. The van der Waals surface area contributed by atoms with Crippen molar-refractivity contribution in [3.63, 3.8) is 0 Å². The molecule has 1 unspecified atom stereocenters. The molecule has 1 heterocycles. The monoisotopic (exact) mass is 322 g/mol. The lowest BCUT2D eigenvalue weighted by atomic mass is 10.2. The molecule has 1 aliphatic carbocycles. The van der Waals surface area contributed by atoms with Crippen LogP contribution in [-0.2, 0) is 14.8 Å². The molecule has 1 aromatic rings. The Kier molecular flexibility index (Phi) is 4.49. The lowest BCUT2D eigenvalue weighted by molar-refractivity contribution is -0.124. The Morgan fingerprint density at radius 3 is 2.41 bits per heavy atom. The smallest absolute Gasteiger partial charge is 0.243 e. The molecule has 22 heavy (non-hydrogen) atoms. The lowest BCUT2D eigenvalue weighted by Crippen LogP contribution is -2.48. The molecule has 2 fully saturated rings. The number of nitrogens with zero attached hydrogens (tertiary/aromatic N) is 1. The predicted octanol–water partition coefficient (Wildman–Crippen LogP) is 1.90. The number of benzene rings is 1. The van der Waals surface area contributed by atoms with E-state index in [1.54, 1.807) is 30.3 Å². The van der Waals surface area contributed by atoms with Crippen molar-refractivity contribution in [3.8, 4) is 0 Å². The zero-order valence-electron chi connectivity index (χ0n) is 12.6. The normalized spacial score (nSPS) is 23.7. The van der Waals surface area contributed by atoms with Crippen molar-refractivity contribution in [2.75, 3.05) is 6.54 Å². The van der Waals surface area contributed by atoms with Crippen molar-refractivity contribution in [1.82, 2.24) is 9.62 Å². The Hall–Kier alpha value is -1.40. The molecule has 1 saturated heterocycles. The van der Waals surface area contributed by atoms with Crippen LogP contribution in [0, 0.1) is 0 Å². The first-order valence-electron chi connectivity index (χ1n) is 7.96. The molecule has 6 heteroatoms. The van der Waals surface area contributed by atoms with Crippen LogP contribution in [0.1, 0.15) is 38.5 Å². The summed E-state index contributed by atoms with van der Waals surface area (Å²) in [4.78, 5) is 12.7. The van der Waals surface area contributed by atoms with E-state index in [2.05, 4.69) is 5.32 Å². The highest BCUT2D eigenvalue weighted by Crippen LogP contribution is 2.27. The molecule has 0 aromatic heterocycles. The first-order chi connectivity index (χ1) is 10.6. The Labute approximate surface area is 131 Å². The third-order valence-electron chi connectivity index (χ3n) is 4.56. The molecule has 1 saturated carbocycles. The van der Waals surface area contributed by atoms with Gasteiger partial charge in [-0.2, -0.15) is 4.31 Å². The Bertz CT molecular complexity index is 624. The fourth-order valence-corrected chi connectivity index (χ4v) is 5.06. The van der Waals surface area contributed by atoms with Gasteiger partial charge in [-0.1, -0.05) is 31.0 Å². The summed E-state index contributed by atoms with van der Waals surface area (Å²) in [7, 11) is -3.59. The van der Waals surface area contributed by atoms with Gasteiger partial charge in [-0.3, -0.25) is 4.79 Å². The average molecular weight is 322 g/mol. The van der Waals surface area contributed by atoms with Gasteiger partial charge in [0, 0.05) is 12.6 Å². The van der Waals surface area contributed by atoms with Crippen LogP contribution in [0.4, 0.5) is 0 Å². The van der Waals surface area contributed by atoms with Crippen molar-refractivity contribution >= 4 is 15.9 Å². The maximum Gasteiger partial charge on any atom is 0.243 e. The van der Waals surface area contributed by atoms with E-state index in [0.29, 0.717) is 13.0 Å². The van der Waals surface area contributed by atoms with Crippen molar-refractivity contribution < 1.29 is 13.2 Å². The predicted molar refractivity (Wildman–Crippen MR) is 83.8 cm³/mol. The maximum absolute atomic E-state index is 12.7. The molecular weight excluding hydrogens is 300 g/mol. The van der Waals surface area contributed by atoms with Gasteiger partial charge in [0.25, 0.3) is 0 Å². The second-order valence-corrected chi connectivity index (χ2v) is 7.97. The summed E-state index contributed by atoms with van der Waals surface area (Å²) < 4.78 is 26.8. The van der Waals surface area contributed by atoms with Crippen LogP contribution in [0.3, 0.4) is 0 Å². The highest BCUT2D eigenvalue weighted by Gasteiger charge is 2.39. The summed E-state index contributed by atoms with van der Waals surface area (Å²) in [6.07, 6.45) is 5.62. The number of nitrogens with one attached hydrogen (secondary N) is 1. The van der Waals surface area contributed by atoms with E-state index in [1.165, 1.54) is 4.31 Å². The zero-order chi connectivity index (χ0) is 15.6. The number of carbonyl (C=O) groups is 1. The highest BCUT2D eigenvalue weighted by molar-refractivity contribution is 7.89. The first kappa shape index (κ1) is 15.5. The molecule has 3 rings (SSSR count). The molecular formula is C16H22N2O3S. The van der Waals surface area contributed by atoms with Crippen molar-refractivity contribution in [2.24, 2.45) is 0 Å². The molecule has 120 valence electrons. The molecule has 1 amide bonds. The van der Waals surface area contributed by atoms with Crippen molar-refractivity contribution in [3.05, 3.63) is 30.3 Å². The Balaban J connectivity index is 1.76. The highest BCUT2D eigenvalue weighted by atomic mass is 32.2. The molecule has 1 aliphatic heterocycles.